The highest BCUT2D eigenvalue weighted by molar-refractivity contribution is 6.31. The highest BCUT2D eigenvalue weighted by Crippen LogP contribution is 2.66. The third-order valence-electron chi connectivity index (χ3n) is 7.78. The number of likely N-dealkylation sites (N-methyl/N-ethyl adjacent to an activating group) is 1. The molecule has 176 valence electrons. The Balaban J connectivity index is 1.62. The van der Waals surface area contributed by atoms with Gasteiger partial charge >= 0.3 is 0 Å². The number of fused-ring (bicyclic) bond motifs is 3. The summed E-state index contributed by atoms with van der Waals surface area (Å²) in [5, 5.41) is 4.07. The van der Waals surface area contributed by atoms with Crippen LogP contribution < -0.4 is 10.2 Å². The molecule has 2 saturated heterocycles. The lowest BCUT2D eigenvalue weighted by molar-refractivity contribution is -0.142. The molecule has 6 nitrogen and oxygen atoms in total. The van der Waals surface area contributed by atoms with E-state index >= 15 is 0 Å². The zero-order valence-electron chi connectivity index (χ0n) is 18.8. The van der Waals surface area contributed by atoms with Crippen LogP contribution in [-0.2, 0) is 19.9 Å². The van der Waals surface area contributed by atoms with E-state index < -0.39 is 16.9 Å². The van der Waals surface area contributed by atoms with E-state index in [1.54, 1.807) is 36.4 Å². The monoisotopic (exact) mass is 505 g/mol. The predicted molar refractivity (Wildman–Crippen MR) is 135 cm³/mol. The quantitative estimate of drug-likeness (QED) is 0.507. The van der Waals surface area contributed by atoms with Gasteiger partial charge in [0.2, 0.25) is 11.8 Å². The number of imide groups is 1. The van der Waals surface area contributed by atoms with E-state index in [4.69, 9.17) is 23.2 Å². The molecule has 3 aromatic rings. The summed E-state index contributed by atoms with van der Waals surface area (Å²) in [6, 6.07) is 21.3. The smallest absolute Gasteiger partial charge is 0.250 e. The van der Waals surface area contributed by atoms with Crippen LogP contribution in [0.15, 0.2) is 72.8 Å². The number of anilines is 2. The topological polar surface area (TPSA) is 69.7 Å². The second-order valence-electron chi connectivity index (χ2n) is 9.35. The summed E-state index contributed by atoms with van der Waals surface area (Å²) in [6.45, 7) is 0.414. The van der Waals surface area contributed by atoms with Crippen molar-refractivity contribution in [3.63, 3.8) is 0 Å². The molecule has 8 heteroatoms. The van der Waals surface area contributed by atoms with Crippen molar-refractivity contribution in [1.29, 1.82) is 0 Å². The van der Waals surface area contributed by atoms with Crippen molar-refractivity contribution in [3.05, 3.63) is 94.0 Å². The molecular weight excluding hydrogens is 485 g/mol. The van der Waals surface area contributed by atoms with Gasteiger partial charge in [-0.1, -0.05) is 53.5 Å². The van der Waals surface area contributed by atoms with Crippen molar-refractivity contribution < 1.29 is 14.4 Å². The predicted octanol–water partition coefficient (Wildman–Crippen LogP) is 4.82. The van der Waals surface area contributed by atoms with Crippen LogP contribution in [0.25, 0.3) is 0 Å². The molecule has 6 rings (SSSR count). The summed E-state index contributed by atoms with van der Waals surface area (Å²) in [5.41, 5.74) is -0.0409. The van der Waals surface area contributed by atoms with Crippen molar-refractivity contribution in [2.75, 3.05) is 23.8 Å². The summed E-state index contributed by atoms with van der Waals surface area (Å²) in [4.78, 5) is 45.3. The molecule has 3 heterocycles. The summed E-state index contributed by atoms with van der Waals surface area (Å²) in [6.07, 6.45) is -0.103. The number of nitrogens with zero attached hydrogens (tertiary/aromatic N) is 2. The minimum absolute atomic E-state index is 0.103. The highest BCUT2D eigenvalue weighted by atomic mass is 35.5. The van der Waals surface area contributed by atoms with E-state index in [1.807, 2.05) is 48.3 Å². The molecule has 0 aliphatic carbocycles. The van der Waals surface area contributed by atoms with Gasteiger partial charge in [0.25, 0.3) is 5.91 Å². The van der Waals surface area contributed by atoms with Crippen LogP contribution in [0.3, 0.4) is 0 Å². The number of rotatable bonds is 2. The third-order valence-corrected chi connectivity index (χ3v) is 8.29. The van der Waals surface area contributed by atoms with E-state index in [1.165, 1.54) is 4.90 Å². The van der Waals surface area contributed by atoms with Crippen LogP contribution in [-0.4, -0.2) is 36.2 Å². The molecule has 0 saturated carbocycles. The number of halogens is 2. The Kier molecular flexibility index (Phi) is 4.87. The average molecular weight is 506 g/mol. The Labute approximate surface area is 212 Å². The van der Waals surface area contributed by atoms with E-state index in [0.717, 1.165) is 5.56 Å². The first-order valence-electron chi connectivity index (χ1n) is 11.3. The second-order valence-corrected chi connectivity index (χ2v) is 10.2. The Hall–Kier alpha value is -3.19. The van der Waals surface area contributed by atoms with Crippen LogP contribution in [0.4, 0.5) is 11.4 Å². The molecular formula is C27H21Cl2N3O3. The number of nitrogens with one attached hydrogen (secondary N) is 1. The molecule has 3 atom stereocenters. The van der Waals surface area contributed by atoms with Gasteiger partial charge in [0.05, 0.1) is 11.1 Å². The molecule has 0 bridgehead atoms. The highest BCUT2D eigenvalue weighted by Gasteiger charge is 2.77. The van der Waals surface area contributed by atoms with E-state index in [9.17, 15) is 14.4 Å². The van der Waals surface area contributed by atoms with Crippen LogP contribution >= 0.6 is 23.2 Å². The minimum Gasteiger partial charge on any atom is -0.324 e. The standard InChI is InChI=1S/C27H21Cl2N3O3/c1-31-15-21(16-6-8-17(28)9-7-16)26(27(31)20-4-2-3-5-22(20)30-24(27)34)14-23(33)32(25(26)35)19-12-10-18(29)11-13-19/h2-13,21H,14-15H2,1H3,(H,30,34)/t21-,26+,27+/m1/s1. The fraction of sp³-hybridized carbons (Fsp3) is 0.222. The zero-order valence-corrected chi connectivity index (χ0v) is 20.3. The third kappa shape index (κ3) is 2.79. The summed E-state index contributed by atoms with van der Waals surface area (Å²) in [5.74, 6) is -1.45. The van der Waals surface area contributed by atoms with Crippen molar-refractivity contribution >= 4 is 52.3 Å². The maximum atomic E-state index is 14.6. The molecule has 35 heavy (non-hydrogen) atoms. The SMILES string of the molecule is CN1C[C@H](c2ccc(Cl)cc2)[C@]2(CC(=O)N(c3ccc(Cl)cc3)C2=O)[C@]12C(=O)Nc1ccccc12. The molecule has 1 N–H and O–H groups in total. The van der Waals surface area contributed by atoms with Crippen LogP contribution in [0.5, 0.6) is 0 Å². The van der Waals surface area contributed by atoms with Gasteiger partial charge in [0.1, 0.15) is 5.54 Å². The molecule has 3 aliphatic heterocycles. The molecule has 2 spiro atoms. The van der Waals surface area contributed by atoms with Gasteiger partial charge in [-0.3, -0.25) is 19.3 Å². The van der Waals surface area contributed by atoms with Gasteiger partial charge in [0.15, 0.2) is 0 Å². The summed E-state index contributed by atoms with van der Waals surface area (Å²) >= 11 is 12.2. The normalized spacial score (nSPS) is 27.8. The number of likely N-dealkylation sites (tertiary alicyclic amines) is 1. The fourth-order valence-electron chi connectivity index (χ4n) is 6.42. The molecule has 0 aromatic heterocycles. The second kappa shape index (κ2) is 7.65. The molecule has 3 aromatic carbocycles. The fourth-order valence-corrected chi connectivity index (χ4v) is 6.67. The number of carbonyl (C=O) groups excluding carboxylic acids is 3. The lowest BCUT2D eigenvalue weighted by atomic mass is 9.60. The first-order chi connectivity index (χ1) is 16.8. The zero-order chi connectivity index (χ0) is 24.5. The van der Waals surface area contributed by atoms with Gasteiger partial charge in [-0.15, -0.1) is 0 Å². The van der Waals surface area contributed by atoms with Gasteiger partial charge in [-0.25, -0.2) is 4.90 Å². The van der Waals surface area contributed by atoms with Gasteiger partial charge in [-0.05, 0) is 55.1 Å². The average Bonchev–Trinajstić information content (AvgIpc) is 3.39. The van der Waals surface area contributed by atoms with Crippen molar-refractivity contribution in [2.24, 2.45) is 5.41 Å². The lowest BCUT2D eigenvalue weighted by Gasteiger charge is -2.42. The van der Waals surface area contributed by atoms with Gasteiger partial charge < -0.3 is 5.32 Å². The van der Waals surface area contributed by atoms with Crippen molar-refractivity contribution in [1.82, 2.24) is 4.90 Å². The minimum atomic E-state index is -1.36. The van der Waals surface area contributed by atoms with E-state index in [0.29, 0.717) is 33.5 Å². The first-order valence-corrected chi connectivity index (χ1v) is 12.1. The Morgan fingerprint density at radius 1 is 0.886 bits per heavy atom. The van der Waals surface area contributed by atoms with Gasteiger partial charge in [0, 0.05) is 40.2 Å². The summed E-state index contributed by atoms with van der Waals surface area (Å²) in [7, 11) is 1.85. The number of amides is 3. The van der Waals surface area contributed by atoms with Crippen LogP contribution in [0.2, 0.25) is 10.0 Å². The molecule has 0 unspecified atom stereocenters. The largest absolute Gasteiger partial charge is 0.324 e. The molecule has 3 amide bonds. The van der Waals surface area contributed by atoms with Crippen LogP contribution in [0, 0.1) is 5.41 Å². The first kappa shape index (κ1) is 22.3. The number of benzene rings is 3. The van der Waals surface area contributed by atoms with E-state index in [-0.39, 0.29) is 24.1 Å². The Morgan fingerprint density at radius 3 is 2.20 bits per heavy atom. The van der Waals surface area contributed by atoms with E-state index in [2.05, 4.69) is 5.32 Å². The maximum absolute atomic E-state index is 14.6. The number of hydrogen-bond acceptors (Lipinski definition) is 4. The lowest BCUT2D eigenvalue weighted by Crippen LogP contribution is -2.58. The Bertz CT molecular complexity index is 1390. The van der Waals surface area contributed by atoms with Gasteiger partial charge in [-0.2, -0.15) is 0 Å². The van der Waals surface area contributed by atoms with Crippen molar-refractivity contribution in [2.45, 2.75) is 17.9 Å². The molecule has 3 aliphatic rings. The van der Waals surface area contributed by atoms with Crippen molar-refractivity contribution in [3.8, 4) is 0 Å². The Morgan fingerprint density at radius 2 is 1.51 bits per heavy atom. The number of carbonyl (C=O) groups is 3. The number of para-hydroxylation sites is 1. The molecule has 0 radical (unpaired) electrons. The number of hydrogen-bond donors (Lipinski definition) is 1. The summed E-state index contributed by atoms with van der Waals surface area (Å²) < 4.78 is 0. The van der Waals surface area contributed by atoms with Crippen LogP contribution in [0.1, 0.15) is 23.5 Å². The molecule has 2 fully saturated rings. The maximum Gasteiger partial charge on any atom is 0.250 e.